The molecule has 5 nitrogen and oxygen atoms in total. The minimum absolute atomic E-state index is 0.0502. The van der Waals surface area contributed by atoms with E-state index in [-0.39, 0.29) is 6.04 Å². The van der Waals surface area contributed by atoms with E-state index >= 15 is 0 Å². The Kier molecular flexibility index (Phi) is 3.56. The third kappa shape index (κ3) is 2.33. The van der Waals surface area contributed by atoms with Gasteiger partial charge in [0.2, 0.25) is 5.95 Å². The number of nitrogen functional groups attached to an aromatic ring is 1. The van der Waals surface area contributed by atoms with Gasteiger partial charge < -0.3 is 15.0 Å². The van der Waals surface area contributed by atoms with Gasteiger partial charge in [0.05, 0.1) is 18.1 Å². The first kappa shape index (κ1) is 12.9. The lowest BCUT2D eigenvalue weighted by Crippen LogP contribution is -2.14. The van der Waals surface area contributed by atoms with Crippen molar-refractivity contribution in [1.82, 2.24) is 9.55 Å². The summed E-state index contributed by atoms with van der Waals surface area (Å²) >= 11 is 0. The van der Waals surface area contributed by atoms with Crippen molar-refractivity contribution in [3.05, 3.63) is 18.2 Å². The molecule has 0 spiro atoms. The van der Waals surface area contributed by atoms with E-state index in [0.717, 1.165) is 16.8 Å². The Morgan fingerprint density at radius 1 is 1.56 bits per heavy atom. The third-order valence-electron chi connectivity index (χ3n) is 2.84. The molecule has 0 bridgehead atoms. The zero-order valence-electron chi connectivity index (χ0n) is 10.7. The molecule has 6 heteroatoms. The fraction of sp³-hybridized carbons (Fsp3) is 0.417. The zero-order chi connectivity index (χ0) is 13.3. The fourth-order valence-corrected chi connectivity index (χ4v) is 2.93. The zero-order valence-corrected chi connectivity index (χ0v) is 11.5. The van der Waals surface area contributed by atoms with Crippen LogP contribution in [0.15, 0.2) is 18.2 Å². The Morgan fingerprint density at radius 3 is 2.89 bits per heavy atom. The number of imidazole rings is 1. The summed E-state index contributed by atoms with van der Waals surface area (Å²) in [5.41, 5.74) is 7.66. The van der Waals surface area contributed by atoms with Gasteiger partial charge in [-0.2, -0.15) is 0 Å². The van der Waals surface area contributed by atoms with Crippen LogP contribution in [-0.2, 0) is 10.8 Å². The lowest BCUT2D eigenvalue weighted by molar-refractivity contribution is 0.415. The number of benzene rings is 1. The first-order valence-corrected chi connectivity index (χ1v) is 7.37. The van der Waals surface area contributed by atoms with Crippen LogP contribution in [0.2, 0.25) is 0 Å². The molecule has 0 amide bonds. The van der Waals surface area contributed by atoms with Gasteiger partial charge in [0.1, 0.15) is 5.75 Å². The number of methoxy groups -OCH3 is 1. The molecule has 0 aliphatic rings. The molecule has 98 valence electrons. The number of nitrogens with two attached hydrogens (primary N) is 1. The van der Waals surface area contributed by atoms with Gasteiger partial charge in [0, 0.05) is 34.9 Å². The summed E-state index contributed by atoms with van der Waals surface area (Å²) in [4.78, 5) is 4.31. The summed E-state index contributed by atoms with van der Waals surface area (Å²) in [6.07, 6.45) is 1.69. The molecule has 0 saturated heterocycles. The van der Waals surface area contributed by atoms with Crippen LogP contribution < -0.4 is 10.5 Å². The monoisotopic (exact) mass is 267 g/mol. The third-order valence-corrected chi connectivity index (χ3v) is 3.79. The number of hydrogen-bond donors (Lipinski definition) is 1. The molecule has 2 rings (SSSR count). The maximum atomic E-state index is 11.3. The number of ether oxygens (including phenoxy) is 1. The normalized spacial score (nSPS) is 14.6. The molecule has 1 heterocycles. The molecule has 0 fully saturated rings. The number of aromatic nitrogens is 2. The van der Waals surface area contributed by atoms with Crippen molar-refractivity contribution in [3.63, 3.8) is 0 Å². The molecular weight excluding hydrogens is 250 g/mol. The van der Waals surface area contributed by atoms with E-state index in [0.29, 0.717) is 11.7 Å². The van der Waals surface area contributed by atoms with E-state index in [1.54, 1.807) is 13.4 Å². The van der Waals surface area contributed by atoms with Crippen molar-refractivity contribution in [2.45, 2.75) is 13.0 Å². The average molecular weight is 267 g/mol. The van der Waals surface area contributed by atoms with Gasteiger partial charge >= 0.3 is 0 Å². The van der Waals surface area contributed by atoms with Crippen LogP contribution in [0, 0.1) is 0 Å². The van der Waals surface area contributed by atoms with Gasteiger partial charge in [-0.05, 0) is 19.1 Å². The van der Waals surface area contributed by atoms with Crippen molar-refractivity contribution in [1.29, 1.82) is 0 Å². The summed E-state index contributed by atoms with van der Waals surface area (Å²) in [6.45, 7) is 1.99. The Hall–Kier alpha value is -1.56. The lowest BCUT2D eigenvalue weighted by Gasteiger charge is -2.14. The molecule has 0 radical (unpaired) electrons. The Bertz CT molecular complexity index is 594. The molecule has 1 aromatic heterocycles. The average Bonchev–Trinajstić information content (AvgIpc) is 2.62. The number of nitrogens with zero attached hydrogens (tertiary/aromatic N) is 2. The minimum atomic E-state index is -0.866. The van der Waals surface area contributed by atoms with E-state index in [9.17, 15) is 4.21 Å². The summed E-state index contributed by atoms with van der Waals surface area (Å²) in [5, 5.41) is 0. The predicted octanol–water partition coefficient (Wildman–Crippen LogP) is 1.57. The Labute approximate surface area is 108 Å². The molecule has 0 aliphatic heterocycles. The topological polar surface area (TPSA) is 70.1 Å². The number of hydrogen-bond acceptors (Lipinski definition) is 4. The number of fused-ring (bicyclic) bond motifs is 1. The van der Waals surface area contributed by atoms with Crippen molar-refractivity contribution in [2.24, 2.45) is 0 Å². The van der Waals surface area contributed by atoms with E-state index in [2.05, 4.69) is 4.98 Å². The molecule has 0 saturated carbocycles. The van der Waals surface area contributed by atoms with Crippen molar-refractivity contribution >= 4 is 27.8 Å². The van der Waals surface area contributed by atoms with Gasteiger partial charge in [0.25, 0.3) is 0 Å². The van der Waals surface area contributed by atoms with Crippen molar-refractivity contribution < 1.29 is 8.95 Å². The summed E-state index contributed by atoms with van der Waals surface area (Å²) in [6, 6.07) is 5.69. The molecule has 2 aromatic rings. The van der Waals surface area contributed by atoms with Gasteiger partial charge in [-0.1, -0.05) is 0 Å². The van der Waals surface area contributed by atoms with Crippen molar-refractivity contribution in [3.8, 4) is 5.75 Å². The van der Waals surface area contributed by atoms with E-state index < -0.39 is 10.8 Å². The van der Waals surface area contributed by atoms with E-state index in [4.69, 9.17) is 10.5 Å². The Morgan fingerprint density at radius 2 is 2.28 bits per heavy atom. The number of anilines is 1. The van der Waals surface area contributed by atoms with E-state index in [1.807, 2.05) is 29.7 Å². The second kappa shape index (κ2) is 4.97. The Balaban J connectivity index is 2.50. The second-order valence-corrected chi connectivity index (χ2v) is 5.76. The smallest absolute Gasteiger partial charge is 0.201 e. The highest BCUT2D eigenvalue weighted by molar-refractivity contribution is 7.84. The van der Waals surface area contributed by atoms with Crippen LogP contribution in [0.5, 0.6) is 5.75 Å². The maximum absolute atomic E-state index is 11.3. The lowest BCUT2D eigenvalue weighted by atomic mass is 10.3. The predicted molar refractivity (Wildman–Crippen MR) is 74.3 cm³/mol. The quantitative estimate of drug-likeness (QED) is 0.912. The maximum Gasteiger partial charge on any atom is 0.201 e. The molecule has 1 aromatic carbocycles. The van der Waals surface area contributed by atoms with E-state index in [1.165, 1.54) is 0 Å². The van der Waals surface area contributed by atoms with Crippen molar-refractivity contribution in [2.75, 3.05) is 24.9 Å². The van der Waals surface area contributed by atoms with Gasteiger partial charge in [0.15, 0.2) is 0 Å². The molecule has 2 unspecified atom stereocenters. The van der Waals surface area contributed by atoms with Crippen LogP contribution >= 0.6 is 0 Å². The van der Waals surface area contributed by atoms with Crippen LogP contribution in [0.1, 0.15) is 13.0 Å². The molecule has 18 heavy (non-hydrogen) atoms. The standard InChI is InChI=1S/C12H17N3O2S/c1-8(7-18(3)16)15-11-5-4-9(17-2)6-10(11)14-12(15)13/h4-6,8H,7H2,1-3H3,(H2,13,14). The summed E-state index contributed by atoms with van der Waals surface area (Å²) < 4.78 is 18.4. The first-order valence-electron chi connectivity index (χ1n) is 5.64. The van der Waals surface area contributed by atoms with Crippen LogP contribution in [0.25, 0.3) is 11.0 Å². The van der Waals surface area contributed by atoms with Gasteiger partial charge in [-0.3, -0.25) is 4.21 Å². The fourth-order valence-electron chi connectivity index (χ4n) is 2.10. The molecular formula is C12H17N3O2S. The minimum Gasteiger partial charge on any atom is -0.497 e. The highest BCUT2D eigenvalue weighted by Gasteiger charge is 2.15. The number of rotatable bonds is 4. The summed E-state index contributed by atoms with van der Waals surface area (Å²) in [7, 11) is 0.749. The molecule has 2 atom stereocenters. The summed E-state index contributed by atoms with van der Waals surface area (Å²) in [5.74, 6) is 1.75. The highest BCUT2D eigenvalue weighted by atomic mass is 32.2. The highest BCUT2D eigenvalue weighted by Crippen LogP contribution is 2.26. The van der Waals surface area contributed by atoms with Gasteiger partial charge in [-0.25, -0.2) is 4.98 Å². The first-order chi connectivity index (χ1) is 8.52. The van der Waals surface area contributed by atoms with Crippen LogP contribution in [-0.4, -0.2) is 32.9 Å². The second-order valence-electron chi connectivity index (χ2n) is 4.28. The van der Waals surface area contributed by atoms with Gasteiger partial charge in [-0.15, -0.1) is 0 Å². The van der Waals surface area contributed by atoms with Crippen LogP contribution in [0.4, 0.5) is 5.95 Å². The SMILES string of the molecule is COc1ccc2c(c1)nc(N)n2C(C)CS(C)=O. The molecule has 2 N–H and O–H groups in total. The largest absolute Gasteiger partial charge is 0.497 e. The molecule has 0 aliphatic carbocycles. The van der Waals surface area contributed by atoms with Crippen LogP contribution in [0.3, 0.4) is 0 Å².